The van der Waals surface area contributed by atoms with E-state index in [1.54, 1.807) is 0 Å². The summed E-state index contributed by atoms with van der Waals surface area (Å²) in [5, 5.41) is 0. The van der Waals surface area contributed by atoms with Gasteiger partial charge in [0.15, 0.2) is 23.3 Å². The lowest BCUT2D eigenvalue weighted by atomic mass is 9.99. The third kappa shape index (κ3) is 3.69. The Morgan fingerprint density at radius 3 is 1.70 bits per heavy atom. The highest BCUT2D eigenvalue weighted by Crippen LogP contribution is 2.29. The molecule has 0 heterocycles. The van der Waals surface area contributed by atoms with Crippen LogP contribution in [0.25, 0.3) is 0 Å². The molecule has 0 spiro atoms. The van der Waals surface area contributed by atoms with E-state index in [1.165, 1.54) is 0 Å². The Morgan fingerprint density at radius 1 is 0.750 bits per heavy atom. The van der Waals surface area contributed by atoms with Crippen LogP contribution in [0.1, 0.15) is 57.1 Å². The van der Waals surface area contributed by atoms with Gasteiger partial charge >= 0.3 is 0 Å². The van der Waals surface area contributed by atoms with Crippen molar-refractivity contribution in [1.29, 1.82) is 0 Å². The minimum atomic E-state index is -2.15. The van der Waals surface area contributed by atoms with Crippen molar-refractivity contribution in [3.05, 3.63) is 34.6 Å². The van der Waals surface area contributed by atoms with Crippen LogP contribution in [0, 0.1) is 29.1 Å². The molecule has 0 aliphatic heterocycles. The van der Waals surface area contributed by atoms with Gasteiger partial charge in [-0.15, -0.1) is 0 Å². The maximum atomic E-state index is 13.5. The zero-order chi connectivity index (χ0) is 15.3. The Labute approximate surface area is 115 Å². The van der Waals surface area contributed by atoms with E-state index in [1.807, 2.05) is 6.92 Å². The first-order valence-corrected chi connectivity index (χ1v) is 6.68. The van der Waals surface area contributed by atoms with Crippen LogP contribution < -0.4 is 5.73 Å². The van der Waals surface area contributed by atoms with Gasteiger partial charge in [0.25, 0.3) is 0 Å². The van der Waals surface area contributed by atoms with E-state index < -0.39 is 40.7 Å². The van der Waals surface area contributed by atoms with Crippen molar-refractivity contribution in [1.82, 2.24) is 0 Å². The topological polar surface area (TPSA) is 26.0 Å². The summed E-state index contributed by atoms with van der Waals surface area (Å²) in [5.74, 6) is -9.70. The molecule has 2 N–H and O–H groups in total. The smallest absolute Gasteiger partial charge is 0.200 e. The second kappa shape index (κ2) is 7.57. The molecule has 114 valence electrons. The molecule has 1 rings (SSSR count). The molecule has 0 fully saturated rings. The average Bonchev–Trinajstić information content (AvgIpc) is 2.43. The van der Waals surface area contributed by atoms with Crippen molar-refractivity contribution < 1.29 is 22.0 Å². The molecule has 0 saturated carbocycles. The fourth-order valence-electron chi connectivity index (χ4n) is 2.06. The van der Waals surface area contributed by atoms with E-state index in [0.717, 1.165) is 25.7 Å². The van der Waals surface area contributed by atoms with E-state index >= 15 is 0 Å². The van der Waals surface area contributed by atoms with Crippen molar-refractivity contribution in [2.45, 2.75) is 51.5 Å². The Balaban J connectivity index is 2.80. The maximum Gasteiger partial charge on any atom is 0.200 e. The normalized spacial score (nSPS) is 12.8. The highest BCUT2D eigenvalue weighted by Gasteiger charge is 2.28. The summed E-state index contributed by atoms with van der Waals surface area (Å²) in [5.41, 5.74) is 4.64. The quantitative estimate of drug-likeness (QED) is 0.334. The van der Waals surface area contributed by atoms with Crippen molar-refractivity contribution in [3.8, 4) is 0 Å². The second-order valence-electron chi connectivity index (χ2n) is 4.79. The number of hydrogen-bond donors (Lipinski definition) is 1. The standard InChI is InChI=1S/C14H18F5N/c1-2-3-4-5-6-7-8(20)9-10(15)12(17)14(19)13(18)11(9)16/h8H,2-7,20H2,1H3. The molecule has 0 radical (unpaired) electrons. The fourth-order valence-corrected chi connectivity index (χ4v) is 2.06. The number of unbranched alkanes of at least 4 members (excludes halogenated alkanes) is 4. The summed E-state index contributed by atoms with van der Waals surface area (Å²) in [7, 11) is 0. The van der Waals surface area contributed by atoms with Crippen LogP contribution in [0.3, 0.4) is 0 Å². The van der Waals surface area contributed by atoms with Gasteiger partial charge in [0.05, 0.1) is 0 Å². The molecule has 1 aromatic rings. The van der Waals surface area contributed by atoms with Gasteiger partial charge in [-0.1, -0.05) is 39.0 Å². The molecule has 0 aliphatic rings. The lowest BCUT2D eigenvalue weighted by Gasteiger charge is -2.15. The molecule has 0 aliphatic carbocycles. The van der Waals surface area contributed by atoms with Crippen LogP contribution in [0.2, 0.25) is 0 Å². The molecule has 1 unspecified atom stereocenters. The van der Waals surface area contributed by atoms with Gasteiger partial charge in [0.2, 0.25) is 5.82 Å². The number of rotatable bonds is 7. The van der Waals surface area contributed by atoms with Gasteiger partial charge in [-0.25, -0.2) is 22.0 Å². The molecule has 0 bridgehead atoms. The molecule has 6 heteroatoms. The van der Waals surface area contributed by atoms with Crippen LogP contribution in [0.15, 0.2) is 0 Å². The molecular weight excluding hydrogens is 277 g/mol. The van der Waals surface area contributed by atoms with Gasteiger partial charge in [0, 0.05) is 11.6 Å². The van der Waals surface area contributed by atoms with Crippen molar-refractivity contribution in [3.63, 3.8) is 0 Å². The number of benzene rings is 1. The zero-order valence-electron chi connectivity index (χ0n) is 11.3. The first-order valence-electron chi connectivity index (χ1n) is 6.68. The highest BCUT2D eigenvalue weighted by atomic mass is 19.2. The van der Waals surface area contributed by atoms with Gasteiger partial charge in [0.1, 0.15) is 0 Å². The zero-order valence-corrected chi connectivity index (χ0v) is 11.3. The van der Waals surface area contributed by atoms with E-state index in [-0.39, 0.29) is 6.42 Å². The monoisotopic (exact) mass is 295 g/mol. The summed E-state index contributed by atoms with van der Waals surface area (Å²) in [6.07, 6.45) is 4.63. The van der Waals surface area contributed by atoms with Crippen molar-refractivity contribution in [2.75, 3.05) is 0 Å². The Kier molecular flexibility index (Phi) is 6.39. The predicted octanol–water partition coefficient (Wildman–Crippen LogP) is 4.74. The molecule has 0 saturated heterocycles. The van der Waals surface area contributed by atoms with E-state index in [2.05, 4.69) is 0 Å². The SMILES string of the molecule is CCCCCCCC(N)c1c(F)c(F)c(F)c(F)c1F. The molecule has 0 amide bonds. The highest BCUT2D eigenvalue weighted by molar-refractivity contribution is 5.26. The van der Waals surface area contributed by atoms with E-state index in [4.69, 9.17) is 5.73 Å². The Hall–Kier alpha value is -1.17. The fraction of sp³-hybridized carbons (Fsp3) is 0.571. The second-order valence-corrected chi connectivity index (χ2v) is 4.79. The van der Waals surface area contributed by atoms with Crippen molar-refractivity contribution >= 4 is 0 Å². The molecule has 1 nitrogen and oxygen atoms in total. The minimum Gasteiger partial charge on any atom is -0.324 e. The van der Waals surface area contributed by atoms with E-state index in [9.17, 15) is 22.0 Å². The number of nitrogens with two attached hydrogens (primary N) is 1. The molecular formula is C14H18F5N. The summed E-state index contributed by atoms with van der Waals surface area (Å²) >= 11 is 0. The average molecular weight is 295 g/mol. The van der Waals surface area contributed by atoms with Crippen LogP contribution in [0.4, 0.5) is 22.0 Å². The van der Waals surface area contributed by atoms with Gasteiger partial charge in [-0.05, 0) is 6.42 Å². The predicted molar refractivity (Wildman–Crippen MR) is 66.5 cm³/mol. The third-order valence-electron chi connectivity index (χ3n) is 3.23. The van der Waals surface area contributed by atoms with Gasteiger partial charge < -0.3 is 5.73 Å². The molecule has 0 aromatic heterocycles. The first-order chi connectivity index (χ1) is 9.41. The lowest BCUT2D eigenvalue weighted by Crippen LogP contribution is -2.18. The minimum absolute atomic E-state index is 0.183. The Morgan fingerprint density at radius 2 is 1.20 bits per heavy atom. The summed E-state index contributed by atoms with van der Waals surface area (Å²) in [6, 6.07) is -1.19. The van der Waals surface area contributed by atoms with Crippen LogP contribution >= 0.6 is 0 Å². The number of hydrogen-bond acceptors (Lipinski definition) is 1. The lowest BCUT2D eigenvalue weighted by molar-refractivity contribution is 0.361. The first kappa shape index (κ1) is 16.9. The van der Waals surface area contributed by atoms with E-state index in [0.29, 0.717) is 6.42 Å². The third-order valence-corrected chi connectivity index (χ3v) is 3.23. The summed E-state index contributed by atoms with van der Waals surface area (Å²) in [4.78, 5) is 0. The van der Waals surface area contributed by atoms with Crippen LogP contribution in [-0.4, -0.2) is 0 Å². The Bertz CT molecular complexity index is 432. The number of halogens is 5. The van der Waals surface area contributed by atoms with Gasteiger partial charge in [-0.2, -0.15) is 0 Å². The van der Waals surface area contributed by atoms with Crippen LogP contribution in [0.5, 0.6) is 0 Å². The maximum absolute atomic E-state index is 13.5. The largest absolute Gasteiger partial charge is 0.324 e. The van der Waals surface area contributed by atoms with Crippen molar-refractivity contribution in [2.24, 2.45) is 5.73 Å². The summed E-state index contributed by atoms with van der Waals surface area (Å²) < 4.78 is 65.9. The van der Waals surface area contributed by atoms with Crippen LogP contribution in [-0.2, 0) is 0 Å². The summed E-state index contributed by atoms with van der Waals surface area (Å²) in [6.45, 7) is 2.04. The molecule has 1 aromatic carbocycles. The molecule has 1 atom stereocenters. The van der Waals surface area contributed by atoms with Gasteiger partial charge in [-0.3, -0.25) is 0 Å². The molecule has 20 heavy (non-hydrogen) atoms.